The first-order valence-electron chi connectivity index (χ1n) is 5.07. The molecule has 1 aromatic carbocycles. The Hall–Kier alpha value is -0.160. The first-order valence-corrected chi connectivity index (χ1v) is 7.17. The van der Waals surface area contributed by atoms with Gasteiger partial charge in [0.25, 0.3) is 0 Å². The number of benzene rings is 1. The molecule has 1 aliphatic heterocycles. The molecule has 0 spiro atoms. The van der Waals surface area contributed by atoms with Crippen LogP contribution >= 0.6 is 23.5 Å². The van der Waals surface area contributed by atoms with E-state index in [-0.39, 0.29) is 0 Å². The number of thioether (sulfide) groups is 2. The third kappa shape index (κ3) is 2.91. The van der Waals surface area contributed by atoms with Crippen LogP contribution in [0.25, 0.3) is 0 Å². The maximum absolute atomic E-state index is 5.86. The van der Waals surface area contributed by atoms with Crippen LogP contribution in [0, 0.1) is 0 Å². The van der Waals surface area contributed by atoms with E-state index in [1.807, 2.05) is 23.5 Å². The number of hydrogen-bond donors (Lipinski definition) is 2. The standard InChI is InChI=1S/C11H16N2S2/c12-5-8-1-3-9(4-2-8)11-14-6-10(13)7-15-11/h1-4,10-11H,5-7,12-13H2. The van der Waals surface area contributed by atoms with E-state index < -0.39 is 0 Å². The van der Waals surface area contributed by atoms with E-state index in [1.54, 1.807) is 0 Å². The molecule has 2 nitrogen and oxygen atoms in total. The summed E-state index contributed by atoms with van der Waals surface area (Å²) in [6.07, 6.45) is 0. The molecule has 0 amide bonds. The van der Waals surface area contributed by atoms with Crippen LogP contribution in [-0.4, -0.2) is 17.5 Å². The zero-order valence-corrected chi connectivity index (χ0v) is 10.2. The number of hydrogen-bond acceptors (Lipinski definition) is 4. The van der Waals surface area contributed by atoms with Crippen molar-refractivity contribution in [2.75, 3.05) is 11.5 Å². The average molecular weight is 240 g/mol. The molecule has 1 fully saturated rings. The van der Waals surface area contributed by atoms with Crippen molar-refractivity contribution in [2.45, 2.75) is 17.2 Å². The molecule has 0 bridgehead atoms. The summed E-state index contributed by atoms with van der Waals surface area (Å²) < 4.78 is 0.552. The van der Waals surface area contributed by atoms with Crippen molar-refractivity contribution in [3.63, 3.8) is 0 Å². The van der Waals surface area contributed by atoms with Gasteiger partial charge in [-0.25, -0.2) is 0 Å². The van der Waals surface area contributed by atoms with E-state index in [9.17, 15) is 0 Å². The van der Waals surface area contributed by atoms with Crippen LogP contribution in [0.15, 0.2) is 24.3 Å². The molecule has 0 saturated carbocycles. The van der Waals surface area contributed by atoms with Crippen molar-refractivity contribution < 1.29 is 0 Å². The quantitative estimate of drug-likeness (QED) is 0.829. The van der Waals surface area contributed by atoms with Gasteiger partial charge in [-0.05, 0) is 11.1 Å². The summed E-state index contributed by atoms with van der Waals surface area (Å²) in [4.78, 5) is 0. The third-order valence-corrected chi connectivity index (χ3v) is 5.62. The number of nitrogens with two attached hydrogens (primary N) is 2. The summed E-state index contributed by atoms with van der Waals surface area (Å²) in [5.41, 5.74) is 14.0. The van der Waals surface area contributed by atoms with E-state index >= 15 is 0 Å². The second kappa shape index (κ2) is 5.25. The fraction of sp³-hybridized carbons (Fsp3) is 0.455. The third-order valence-electron chi connectivity index (χ3n) is 2.41. The van der Waals surface area contributed by atoms with Crippen LogP contribution in [0.2, 0.25) is 0 Å². The van der Waals surface area contributed by atoms with Gasteiger partial charge in [-0.15, -0.1) is 23.5 Å². The second-order valence-corrected chi connectivity index (χ2v) is 6.28. The van der Waals surface area contributed by atoms with E-state index in [0.717, 1.165) is 11.5 Å². The van der Waals surface area contributed by atoms with Gasteiger partial charge in [0.2, 0.25) is 0 Å². The minimum absolute atomic E-state index is 0.361. The highest BCUT2D eigenvalue weighted by Crippen LogP contribution is 2.43. The highest BCUT2D eigenvalue weighted by Gasteiger charge is 2.20. The topological polar surface area (TPSA) is 52.0 Å². The summed E-state index contributed by atoms with van der Waals surface area (Å²) in [7, 11) is 0. The van der Waals surface area contributed by atoms with Gasteiger partial charge in [-0.3, -0.25) is 0 Å². The highest BCUT2D eigenvalue weighted by molar-refractivity contribution is 8.17. The van der Waals surface area contributed by atoms with Gasteiger partial charge in [0.05, 0.1) is 4.58 Å². The Balaban J connectivity index is 2.03. The molecule has 4 N–H and O–H groups in total. The van der Waals surface area contributed by atoms with Gasteiger partial charge in [-0.2, -0.15) is 0 Å². The number of rotatable bonds is 2. The summed E-state index contributed by atoms with van der Waals surface area (Å²) in [5.74, 6) is 2.13. The van der Waals surface area contributed by atoms with Crippen molar-refractivity contribution in [2.24, 2.45) is 11.5 Å². The lowest BCUT2D eigenvalue weighted by atomic mass is 10.1. The van der Waals surface area contributed by atoms with Crippen molar-refractivity contribution in [1.29, 1.82) is 0 Å². The van der Waals surface area contributed by atoms with Crippen molar-refractivity contribution in [1.82, 2.24) is 0 Å². The molecule has 0 aliphatic carbocycles. The Bertz CT molecular complexity index is 305. The predicted octanol–water partition coefficient (Wildman–Crippen LogP) is 1.95. The van der Waals surface area contributed by atoms with Crippen LogP contribution in [0.3, 0.4) is 0 Å². The van der Waals surface area contributed by atoms with Crippen molar-refractivity contribution in [3.05, 3.63) is 35.4 Å². The largest absolute Gasteiger partial charge is 0.326 e. The SMILES string of the molecule is NCc1ccc(C2SCC(N)CS2)cc1. The van der Waals surface area contributed by atoms with Gasteiger partial charge in [0.1, 0.15) is 0 Å². The average Bonchev–Trinajstić information content (AvgIpc) is 2.30. The Morgan fingerprint density at radius 3 is 2.27 bits per heavy atom. The molecule has 4 heteroatoms. The van der Waals surface area contributed by atoms with Crippen LogP contribution in [0.4, 0.5) is 0 Å². The van der Waals surface area contributed by atoms with Crippen LogP contribution in [0.5, 0.6) is 0 Å². The summed E-state index contributed by atoms with van der Waals surface area (Å²) >= 11 is 3.89. The molecule has 15 heavy (non-hydrogen) atoms. The lowest BCUT2D eigenvalue weighted by molar-refractivity contribution is 0.852. The smallest absolute Gasteiger partial charge is 0.0752 e. The maximum atomic E-state index is 5.86. The second-order valence-electron chi connectivity index (χ2n) is 3.70. The first kappa shape index (κ1) is 11.3. The zero-order valence-electron chi connectivity index (χ0n) is 8.56. The first-order chi connectivity index (χ1) is 7.29. The summed E-state index contributed by atoms with van der Waals surface area (Å²) in [6.45, 7) is 0.621. The van der Waals surface area contributed by atoms with Gasteiger partial charge in [-0.1, -0.05) is 24.3 Å². The minimum Gasteiger partial charge on any atom is -0.326 e. The summed E-state index contributed by atoms with van der Waals surface area (Å²) in [5, 5.41) is 0. The minimum atomic E-state index is 0.361. The molecule has 1 aromatic rings. The maximum Gasteiger partial charge on any atom is 0.0752 e. The Kier molecular flexibility index (Phi) is 3.97. The van der Waals surface area contributed by atoms with Crippen molar-refractivity contribution in [3.8, 4) is 0 Å². The Morgan fingerprint density at radius 1 is 1.13 bits per heavy atom. The normalized spacial score (nSPS) is 26.5. The monoisotopic (exact) mass is 240 g/mol. The molecular weight excluding hydrogens is 224 g/mol. The van der Waals surface area contributed by atoms with Gasteiger partial charge in [0.15, 0.2) is 0 Å². The Morgan fingerprint density at radius 2 is 1.73 bits per heavy atom. The van der Waals surface area contributed by atoms with Crippen LogP contribution in [0.1, 0.15) is 15.7 Å². The predicted molar refractivity (Wildman–Crippen MR) is 70.0 cm³/mol. The van der Waals surface area contributed by atoms with E-state index in [4.69, 9.17) is 11.5 Å². The van der Waals surface area contributed by atoms with Gasteiger partial charge < -0.3 is 11.5 Å². The zero-order chi connectivity index (χ0) is 10.7. The van der Waals surface area contributed by atoms with Crippen molar-refractivity contribution >= 4 is 23.5 Å². The Labute approximate surface area is 99.2 Å². The lowest BCUT2D eigenvalue weighted by Crippen LogP contribution is -2.29. The lowest BCUT2D eigenvalue weighted by Gasteiger charge is -2.25. The molecular formula is C11H16N2S2. The molecule has 2 rings (SSSR count). The van der Waals surface area contributed by atoms with Crippen LogP contribution in [-0.2, 0) is 6.54 Å². The molecule has 0 aromatic heterocycles. The molecule has 82 valence electrons. The fourth-order valence-electron chi connectivity index (χ4n) is 1.52. The van der Waals surface area contributed by atoms with Gasteiger partial charge in [0, 0.05) is 24.1 Å². The van der Waals surface area contributed by atoms with Crippen LogP contribution < -0.4 is 11.5 Å². The highest BCUT2D eigenvalue weighted by atomic mass is 32.2. The molecule has 0 radical (unpaired) electrons. The molecule has 0 atom stereocenters. The summed E-state index contributed by atoms with van der Waals surface area (Å²) in [6, 6.07) is 8.96. The fourth-order valence-corrected chi connectivity index (χ4v) is 4.31. The molecule has 1 aliphatic rings. The van der Waals surface area contributed by atoms with E-state index in [1.165, 1.54) is 11.1 Å². The van der Waals surface area contributed by atoms with Gasteiger partial charge >= 0.3 is 0 Å². The molecule has 1 heterocycles. The van der Waals surface area contributed by atoms with E-state index in [0.29, 0.717) is 17.2 Å². The molecule has 1 saturated heterocycles. The molecule has 0 unspecified atom stereocenters. The van der Waals surface area contributed by atoms with E-state index in [2.05, 4.69) is 24.3 Å².